The molecule has 190 valence electrons. The first-order chi connectivity index (χ1) is 16.2. The van der Waals surface area contributed by atoms with Crippen LogP contribution in [-0.4, -0.2) is 46.6 Å². The zero-order valence-electron chi connectivity index (χ0n) is 22.2. The molecule has 0 spiro atoms. The average molecular weight is 474 g/mol. The number of amides is 1. The number of rotatable bonds is 4. The number of hydrogen-bond donors (Lipinski definition) is 2. The van der Waals surface area contributed by atoms with Crippen molar-refractivity contribution in [2.45, 2.75) is 86.0 Å². The fourth-order valence-electron chi connectivity index (χ4n) is 4.66. The number of nitrogens with one attached hydrogen (secondary N) is 2. The van der Waals surface area contributed by atoms with Crippen LogP contribution in [0.15, 0.2) is 12.1 Å². The fraction of sp³-hybridized carbons (Fsp3) is 0.667. The van der Waals surface area contributed by atoms with E-state index in [1.165, 1.54) is 36.6 Å². The third kappa shape index (κ3) is 7.28. The molecule has 0 saturated heterocycles. The predicted octanol–water partition coefficient (Wildman–Crippen LogP) is 6.24. The number of aromatic amines is 1. The lowest BCUT2D eigenvalue weighted by molar-refractivity contribution is -0.134. The Morgan fingerprint density at radius 1 is 1.24 bits per heavy atom. The summed E-state index contributed by atoms with van der Waals surface area (Å²) < 4.78 is 13.6. The Hall–Kier alpha value is -2.44. The van der Waals surface area contributed by atoms with Gasteiger partial charge in [-0.1, -0.05) is 47.0 Å². The summed E-state index contributed by atoms with van der Waals surface area (Å²) in [4.78, 5) is 17.3. The molecule has 0 radical (unpaired) electrons. The number of carbonyl (C=O) groups is 1. The van der Waals surface area contributed by atoms with E-state index in [-0.39, 0.29) is 0 Å². The molecule has 1 fully saturated rings. The van der Waals surface area contributed by atoms with E-state index in [2.05, 4.69) is 34.3 Å². The minimum absolute atomic E-state index is 0.302. The van der Waals surface area contributed by atoms with Crippen molar-refractivity contribution in [2.75, 3.05) is 26.0 Å². The Balaban J connectivity index is 0.000000251. The van der Waals surface area contributed by atoms with E-state index < -0.39 is 5.95 Å². The maximum Gasteiger partial charge on any atom is 0.225 e. The van der Waals surface area contributed by atoms with Crippen LogP contribution < -0.4 is 5.32 Å². The molecule has 2 aromatic heterocycles. The van der Waals surface area contributed by atoms with Crippen LogP contribution in [0.2, 0.25) is 0 Å². The number of aromatic nitrogens is 3. The van der Waals surface area contributed by atoms with Gasteiger partial charge in [-0.3, -0.25) is 9.89 Å². The minimum Gasteiger partial charge on any atom is -0.373 e. The monoisotopic (exact) mass is 473 g/mol. The predicted molar refractivity (Wildman–Crippen MR) is 138 cm³/mol. The zero-order chi connectivity index (χ0) is 25.3. The molecule has 0 aromatic carbocycles. The molecular weight excluding hydrogens is 429 g/mol. The van der Waals surface area contributed by atoms with Crippen molar-refractivity contribution in [1.29, 1.82) is 0 Å². The number of carbonyl (C=O) groups excluding carboxylic acids is 1. The van der Waals surface area contributed by atoms with Crippen LogP contribution in [0.1, 0.15) is 84.4 Å². The first-order valence-electron chi connectivity index (χ1n) is 12.9. The van der Waals surface area contributed by atoms with Crippen molar-refractivity contribution in [3.8, 4) is 11.3 Å². The van der Waals surface area contributed by atoms with Crippen molar-refractivity contribution in [1.82, 2.24) is 20.1 Å². The first-order valence-corrected chi connectivity index (χ1v) is 12.9. The molecule has 2 aliphatic rings. The highest BCUT2D eigenvalue weighted by Crippen LogP contribution is 2.38. The molecule has 0 aliphatic heterocycles. The van der Waals surface area contributed by atoms with Crippen molar-refractivity contribution < 1.29 is 9.18 Å². The molecule has 2 heterocycles. The highest BCUT2D eigenvalue weighted by atomic mass is 19.1. The molecule has 2 aromatic rings. The molecule has 0 unspecified atom stereocenters. The van der Waals surface area contributed by atoms with Gasteiger partial charge in [0.15, 0.2) is 0 Å². The summed E-state index contributed by atoms with van der Waals surface area (Å²) in [7, 11) is 3.63. The summed E-state index contributed by atoms with van der Waals surface area (Å²) >= 11 is 0. The molecule has 1 amide bonds. The molecule has 4 rings (SSSR count). The van der Waals surface area contributed by atoms with Gasteiger partial charge in [-0.25, -0.2) is 4.98 Å². The van der Waals surface area contributed by atoms with Crippen molar-refractivity contribution in [2.24, 2.45) is 11.3 Å². The van der Waals surface area contributed by atoms with Gasteiger partial charge in [-0.05, 0) is 50.5 Å². The van der Waals surface area contributed by atoms with Gasteiger partial charge in [0.1, 0.15) is 5.82 Å². The van der Waals surface area contributed by atoms with E-state index in [1.54, 1.807) is 7.05 Å². The average Bonchev–Trinajstić information content (AvgIpc) is 3.26. The maximum absolute atomic E-state index is 13.6. The lowest BCUT2D eigenvalue weighted by Gasteiger charge is -2.29. The number of pyridine rings is 1. The summed E-state index contributed by atoms with van der Waals surface area (Å²) in [5, 5.41) is 10.4. The quantitative estimate of drug-likeness (QED) is 0.516. The van der Waals surface area contributed by atoms with Crippen molar-refractivity contribution in [3.05, 3.63) is 29.3 Å². The van der Waals surface area contributed by atoms with Gasteiger partial charge in [0.2, 0.25) is 11.9 Å². The van der Waals surface area contributed by atoms with E-state index in [9.17, 15) is 9.18 Å². The van der Waals surface area contributed by atoms with E-state index in [0.29, 0.717) is 23.1 Å². The second-order valence-corrected chi connectivity index (χ2v) is 9.87. The van der Waals surface area contributed by atoms with Crippen LogP contribution >= 0.6 is 0 Å². The van der Waals surface area contributed by atoms with Gasteiger partial charge < -0.3 is 10.2 Å². The molecular formula is C27H44FN5O. The lowest BCUT2D eigenvalue weighted by atomic mass is 9.76. The topological polar surface area (TPSA) is 73.9 Å². The highest BCUT2D eigenvalue weighted by Gasteiger charge is 2.29. The number of anilines is 1. The Kier molecular flexibility index (Phi) is 10.5. The second-order valence-electron chi connectivity index (χ2n) is 9.87. The van der Waals surface area contributed by atoms with Gasteiger partial charge in [-0.2, -0.15) is 9.49 Å². The third-order valence-electron chi connectivity index (χ3n) is 6.79. The van der Waals surface area contributed by atoms with Crippen LogP contribution in [0.5, 0.6) is 0 Å². The molecule has 2 N–H and O–H groups in total. The Morgan fingerprint density at radius 3 is 2.53 bits per heavy atom. The molecule has 1 saturated carbocycles. The summed E-state index contributed by atoms with van der Waals surface area (Å²) in [6.07, 6.45) is 9.13. The lowest BCUT2D eigenvalue weighted by Crippen LogP contribution is -2.33. The van der Waals surface area contributed by atoms with E-state index in [1.807, 2.05) is 38.8 Å². The van der Waals surface area contributed by atoms with Gasteiger partial charge in [-0.15, -0.1) is 0 Å². The van der Waals surface area contributed by atoms with Gasteiger partial charge in [0, 0.05) is 49.4 Å². The molecule has 0 bridgehead atoms. The van der Waals surface area contributed by atoms with E-state index in [0.717, 1.165) is 49.9 Å². The highest BCUT2D eigenvalue weighted by molar-refractivity contribution is 5.78. The second kappa shape index (κ2) is 12.9. The molecule has 2 aliphatic carbocycles. The normalized spacial score (nSPS) is 16.8. The van der Waals surface area contributed by atoms with Crippen LogP contribution in [0.25, 0.3) is 11.3 Å². The summed E-state index contributed by atoms with van der Waals surface area (Å²) in [6.45, 7) is 11.4. The van der Waals surface area contributed by atoms with Gasteiger partial charge in [0.25, 0.3) is 0 Å². The number of nitrogens with zero attached hydrogens (tertiary/aromatic N) is 3. The number of hydrogen-bond acceptors (Lipinski definition) is 4. The van der Waals surface area contributed by atoms with E-state index in [4.69, 9.17) is 0 Å². The third-order valence-corrected chi connectivity index (χ3v) is 6.79. The summed E-state index contributed by atoms with van der Waals surface area (Å²) in [6, 6.07) is 3.27. The number of H-pyrrole nitrogens is 1. The fourth-order valence-corrected chi connectivity index (χ4v) is 4.66. The van der Waals surface area contributed by atoms with E-state index >= 15 is 0 Å². The zero-order valence-corrected chi connectivity index (χ0v) is 22.2. The largest absolute Gasteiger partial charge is 0.373 e. The Bertz CT molecular complexity index is 918. The van der Waals surface area contributed by atoms with Crippen LogP contribution in [0.3, 0.4) is 0 Å². The van der Waals surface area contributed by atoms with Gasteiger partial charge in [0.05, 0.1) is 5.69 Å². The number of fused-ring (bicyclic) bond motifs is 1. The Morgan fingerprint density at radius 2 is 1.91 bits per heavy atom. The Labute approximate surface area is 205 Å². The summed E-state index contributed by atoms with van der Waals surface area (Å²) in [5.41, 5.74) is 4.33. The van der Waals surface area contributed by atoms with Gasteiger partial charge >= 0.3 is 0 Å². The van der Waals surface area contributed by atoms with Crippen LogP contribution in [0, 0.1) is 17.3 Å². The van der Waals surface area contributed by atoms with Crippen molar-refractivity contribution >= 4 is 11.7 Å². The molecule has 34 heavy (non-hydrogen) atoms. The summed E-state index contributed by atoms with van der Waals surface area (Å²) in [5.74, 6) is 0.730. The first kappa shape index (κ1) is 27.8. The SMILES string of the molecule is CC.CCN(C)C(=O)C1CCCCC1.CNc1cc(-c2n[nH]c3c2CCC(C)(C)C3)cc(F)n1. The molecule has 0 atom stereocenters. The van der Waals surface area contributed by atoms with Crippen LogP contribution in [-0.2, 0) is 17.6 Å². The van der Waals surface area contributed by atoms with Crippen LogP contribution in [0.4, 0.5) is 10.2 Å². The van der Waals surface area contributed by atoms with Crippen molar-refractivity contribution in [3.63, 3.8) is 0 Å². The minimum atomic E-state index is -0.486. The molecule has 7 heteroatoms. The standard InChI is InChI=1S/C15H19FN4.C10H19NO.C2H6/c1-15(2)5-4-10-11(8-15)19-20-14(10)9-6-12(16)18-13(7-9)17-3;1-3-11(2)10(12)9-7-5-4-6-8-9;1-2/h6-7H,4-5,8H2,1-3H3,(H,17,18)(H,19,20);9H,3-8H2,1-2H3;1-2H3. The smallest absolute Gasteiger partial charge is 0.225 e. The number of halogens is 1. The maximum atomic E-state index is 13.6. The molecule has 6 nitrogen and oxygen atoms in total.